The maximum atomic E-state index is 11.7. The van der Waals surface area contributed by atoms with Crippen LogP contribution in [0.5, 0.6) is 0 Å². The first-order valence-corrected chi connectivity index (χ1v) is 5.67. The van der Waals surface area contributed by atoms with Gasteiger partial charge in [0, 0.05) is 6.42 Å². The fourth-order valence-corrected chi connectivity index (χ4v) is 1.80. The molecule has 1 aromatic carbocycles. The first-order valence-electron chi connectivity index (χ1n) is 5.67. The maximum absolute atomic E-state index is 11.7. The molecular formula is C13H13NO4. The summed E-state index contributed by atoms with van der Waals surface area (Å²) in [5.41, 5.74) is 0.878. The van der Waals surface area contributed by atoms with Gasteiger partial charge >= 0.3 is 5.97 Å². The van der Waals surface area contributed by atoms with E-state index in [0.717, 1.165) is 5.56 Å². The molecule has 0 aliphatic carbocycles. The fraction of sp³-hybridized carbons (Fsp3) is 0.308. The predicted molar refractivity (Wildman–Crippen MR) is 62.3 cm³/mol. The van der Waals surface area contributed by atoms with Crippen LogP contribution in [0.25, 0.3) is 0 Å². The van der Waals surface area contributed by atoms with E-state index in [4.69, 9.17) is 4.74 Å². The van der Waals surface area contributed by atoms with Crippen LogP contribution in [0.3, 0.4) is 0 Å². The monoisotopic (exact) mass is 247 g/mol. The van der Waals surface area contributed by atoms with Crippen molar-refractivity contribution < 1.29 is 19.1 Å². The van der Waals surface area contributed by atoms with Crippen molar-refractivity contribution in [2.24, 2.45) is 5.92 Å². The van der Waals surface area contributed by atoms with E-state index >= 15 is 0 Å². The van der Waals surface area contributed by atoms with Crippen molar-refractivity contribution in [1.82, 2.24) is 5.32 Å². The van der Waals surface area contributed by atoms with Gasteiger partial charge in [-0.3, -0.25) is 4.79 Å². The summed E-state index contributed by atoms with van der Waals surface area (Å²) in [5.74, 6) is -1.35. The summed E-state index contributed by atoms with van der Waals surface area (Å²) in [5, 5.41) is 2.44. The number of amides is 1. The summed E-state index contributed by atoms with van der Waals surface area (Å²) in [4.78, 5) is 33.2. The van der Waals surface area contributed by atoms with Crippen LogP contribution in [0.2, 0.25) is 0 Å². The Labute approximate surface area is 104 Å². The van der Waals surface area contributed by atoms with Crippen LogP contribution >= 0.6 is 0 Å². The van der Waals surface area contributed by atoms with Crippen LogP contribution < -0.4 is 5.32 Å². The Morgan fingerprint density at radius 1 is 1.33 bits per heavy atom. The number of esters is 1. The summed E-state index contributed by atoms with van der Waals surface area (Å²) in [6.45, 7) is 0.167. The van der Waals surface area contributed by atoms with E-state index in [1.807, 2.05) is 30.3 Å². The van der Waals surface area contributed by atoms with Crippen LogP contribution in [-0.4, -0.2) is 24.2 Å². The number of aldehydes is 1. The third kappa shape index (κ3) is 2.56. The summed E-state index contributed by atoms with van der Waals surface area (Å²) in [6.07, 6.45) is 0.692. The van der Waals surface area contributed by atoms with E-state index < -0.39 is 17.9 Å². The van der Waals surface area contributed by atoms with Gasteiger partial charge in [0.2, 0.25) is 5.91 Å². The highest BCUT2D eigenvalue weighted by Gasteiger charge is 2.44. The summed E-state index contributed by atoms with van der Waals surface area (Å²) >= 11 is 0. The van der Waals surface area contributed by atoms with Gasteiger partial charge < -0.3 is 14.8 Å². The van der Waals surface area contributed by atoms with E-state index in [1.165, 1.54) is 0 Å². The van der Waals surface area contributed by atoms with Gasteiger partial charge in [-0.05, 0) is 5.56 Å². The second-order valence-electron chi connectivity index (χ2n) is 4.09. The Hall–Kier alpha value is -2.17. The summed E-state index contributed by atoms with van der Waals surface area (Å²) < 4.78 is 5.09. The molecule has 18 heavy (non-hydrogen) atoms. The number of carbonyl (C=O) groups excluding carboxylic acids is 3. The van der Waals surface area contributed by atoms with Gasteiger partial charge in [0.25, 0.3) is 0 Å². The molecule has 94 valence electrons. The van der Waals surface area contributed by atoms with Crippen molar-refractivity contribution in [3.8, 4) is 0 Å². The normalized spacial score (nSPS) is 21.7. The molecule has 1 aromatic rings. The fourth-order valence-electron chi connectivity index (χ4n) is 1.80. The second-order valence-corrected chi connectivity index (χ2v) is 4.09. The van der Waals surface area contributed by atoms with Gasteiger partial charge in [-0.15, -0.1) is 0 Å². The average Bonchev–Trinajstić information content (AvgIpc) is 2.40. The first-order chi connectivity index (χ1) is 8.72. The van der Waals surface area contributed by atoms with Gasteiger partial charge in [-0.25, -0.2) is 4.79 Å². The summed E-state index contributed by atoms with van der Waals surface area (Å²) in [7, 11) is 0. The van der Waals surface area contributed by atoms with Gasteiger partial charge in [0.1, 0.15) is 18.9 Å². The molecule has 2 rings (SSSR count). The highest BCUT2D eigenvalue weighted by atomic mass is 16.5. The van der Waals surface area contributed by atoms with Crippen LogP contribution in [0.1, 0.15) is 12.0 Å². The molecule has 2 atom stereocenters. The Morgan fingerprint density at radius 2 is 2.06 bits per heavy atom. The van der Waals surface area contributed by atoms with E-state index in [-0.39, 0.29) is 18.9 Å². The number of β-lactam (4-membered cyclic amide) rings is 1. The molecule has 5 heteroatoms. The van der Waals surface area contributed by atoms with E-state index in [1.54, 1.807) is 0 Å². The minimum Gasteiger partial charge on any atom is -0.459 e. The third-order valence-electron chi connectivity index (χ3n) is 2.86. The standard InChI is InChI=1S/C13H13NO4/c15-7-6-10-11(14-12(10)16)13(17)18-8-9-4-2-1-3-5-9/h1-5,7,10-11H,6,8H2,(H,14,16)/t10-,11+/m1/s1. The smallest absolute Gasteiger partial charge is 0.329 e. The second kappa shape index (κ2) is 5.44. The highest BCUT2D eigenvalue weighted by Crippen LogP contribution is 2.19. The van der Waals surface area contributed by atoms with Crippen molar-refractivity contribution in [2.45, 2.75) is 19.1 Å². The molecule has 0 spiro atoms. The lowest BCUT2D eigenvalue weighted by Gasteiger charge is -2.33. The SMILES string of the molecule is O=CC[C@H]1C(=O)N[C@@H]1C(=O)OCc1ccccc1. The molecule has 1 fully saturated rings. The van der Waals surface area contributed by atoms with Crippen LogP contribution in [0.15, 0.2) is 30.3 Å². The lowest BCUT2D eigenvalue weighted by atomic mass is 9.88. The lowest BCUT2D eigenvalue weighted by molar-refractivity contribution is -0.159. The van der Waals surface area contributed by atoms with Crippen LogP contribution in [0.4, 0.5) is 0 Å². The number of nitrogens with one attached hydrogen (secondary N) is 1. The van der Waals surface area contributed by atoms with E-state index in [9.17, 15) is 14.4 Å². The number of hydrogen-bond acceptors (Lipinski definition) is 4. The number of ether oxygens (including phenoxy) is 1. The van der Waals surface area contributed by atoms with Crippen molar-refractivity contribution in [1.29, 1.82) is 0 Å². The van der Waals surface area contributed by atoms with E-state index in [0.29, 0.717) is 6.29 Å². The van der Waals surface area contributed by atoms with Crippen LogP contribution in [-0.2, 0) is 25.7 Å². The molecule has 5 nitrogen and oxygen atoms in total. The van der Waals surface area contributed by atoms with Crippen molar-refractivity contribution in [3.63, 3.8) is 0 Å². The average molecular weight is 247 g/mol. The molecule has 1 N–H and O–H groups in total. The Bertz CT molecular complexity index is 457. The minimum atomic E-state index is -0.689. The van der Waals surface area contributed by atoms with Gasteiger partial charge in [-0.1, -0.05) is 30.3 Å². The quantitative estimate of drug-likeness (QED) is 0.465. The minimum absolute atomic E-state index is 0.0525. The Kier molecular flexibility index (Phi) is 3.72. The molecule has 0 saturated carbocycles. The van der Waals surface area contributed by atoms with Gasteiger partial charge in [-0.2, -0.15) is 0 Å². The number of rotatable bonds is 5. The third-order valence-corrected chi connectivity index (χ3v) is 2.86. The zero-order valence-electron chi connectivity index (χ0n) is 9.67. The van der Waals surface area contributed by atoms with Crippen LogP contribution in [0, 0.1) is 5.92 Å². The van der Waals surface area contributed by atoms with Gasteiger partial charge in [0.15, 0.2) is 0 Å². The maximum Gasteiger partial charge on any atom is 0.329 e. The molecule has 0 bridgehead atoms. The van der Waals surface area contributed by atoms with E-state index in [2.05, 4.69) is 5.32 Å². The molecule has 1 amide bonds. The topological polar surface area (TPSA) is 72.5 Å². The highest BCUT2D eigenvalue weighted by molar-refractivity contribution is 5.98. The van der Waals surface area contributed by atoms with Crippen molar-refractivity contribution in [3.05, 3.63) is 35.9 Å². The van der Waals surface area contributed by atoms with Crippen molar-refractivity contribution >= 4 is 18.2 Å². The number of hydrogen-bond donors (Lipinski definition) is 1. The molecule has 0 aromatic heterocycles. The zero-order chi connectivity index (χ0) is 13.0. The first kappa shape index (κ1) is 12.3. The lowest BCUT2D eigenvalue weighted by Crippen LogP contribution is -2.62. The number of benzene rings is 1. The molecule has 1 heterocycles. The molecule has 1 aliphatic heterocycles. The molecule has 0 unspecified atom stereocenters. The molecule has 1 aliphatic rings. The molecular weight excluding hydrogens is 234 g/mol. The predicted octanol–water partition coefficient (Wildman–Crippen LogP) is 0.433. The zero-order valence-corrected chi connectivity index (χ0v) is 9.67. The van der Waals surface area contributed by atoms with Gasteiger partial charge in [0.05, 0.1) is 5.92 Å². The Balaban J connectivity index is 1.85. The Morgan fingerprint density at radius 3 is 2.67 bits per heavy atom. The number of carbonyl (C=O) groups is 3. The van der Waals surface area contributed by atoms with Crippen molar-refractivity contribution in [2.75, 3.05) is 0 Å². The summed E-state index contributed by atoms with van der Waals surface area (Å²) in [6, 6.07) is 8.57. The molecule has 1 saturated heterocycles. The molecule has 0 radical (unpaired) electrons. The largest absolute Gasteiger partial charge is 0.459 e.